The number of carbonyl (C=O) groups excluding carboxylic acids is 1. The number of nitrogens with two attached hydrogens (primary N) is 1. The second kappa shape index (κ2) is 5.64. The normalized spacial score (nSPS) is 17.4. The highest BCUT2D eigenvalue weighted by Crippen LogP contribution is 2.40. The van der Waals surface area contributed by atoms with Gasteiger partial charge < -0.3 is 11.1 Å². The minimum absolute atomic E-state index is 0.0321. The number of hydrogen-bond acceptors (Lipinski definition) is 2. The summed E-state index contributed by atoms with van der Waals surface area (Å²) in [7, 11) is 0. The van der Waals surface area contributed by atoms with Crippen molar-refractivity contribution < 1.29 is 4.79 Å². The van der Waals surface area contributed by atoms with Crippen molar-refractivity contribution in [3.63, 3.8) is 0 Å². The lowest BCUT2D eigenvalue weighted by Crippen LogP contribution is -2.36. The van der Waals surface area contributed by atoms with Crippen LogP contribution in [0.1, 0.15) is 54.9 Å². The summed E-state index contributed by atoms with van der Waals surface area (Å²) in [6, 6.07) is 5.59. The van der Waals surface area contributed by atoms with Crippen LogP contribution in [0.2, 0.25) is 0 Å². The van der Waals surface area contributed by atoms with E-state index in [-0.39, 0.29) is 5.91 Å². The van der Waals surface area contributed by atoms with Crippen LogP contribution in [0.25, 0.3) is 0 Å². The van der Waals surface area contributed by atoms with Gasteiger partial charge in [0.15, 0.2) is 0 Å². The van der Waals surface area contributed by atoms with Gasteiger partial charge in [-0.2, -0.15) is 0 Å². The van der Waals surface area contributed by atoms with E-state index in [2.05, 4.69) is 12.2 Å². The Morgan fingerprint density at radius 3 is 2.63 bits per heavy atom. The molecule has 19 heavy (non-hydrogen) atoms. The van der Waals surface area contributed by atoms with Crippen LogP contribution in [0, 0.1) is 12.3 Å². The number of benzene rings is 1. The zero-order valence-electron chi connectivity index (χ0n) is 12.0. The van der Waals surface area contributed by atoms with Gasteiger partial charge >= 0.3 is 0 Å². The highest BCUT2D eigenvalue weighted by Gasteiger charge is 2.32. The smallest absolute Gasteiger partial charge is 0.253 e. The van der Waals surface area contributed by atoms with Crippen molar-refractivity contribution in [1.82, 2.24) is 5.32 Å². The van der Waals surface area contributed by atoms with Crippen molar-refractivity contribution in [2.24, 2.45) is 5.41 Å². The summed E-state index contributed by atoms with van der Waals surface area (Å²) >= 11 is 0. The Kier molecular flexibility index (Phi) is 4.13. The fourth-order valence-electron chi connectivity index (χ4n) is 3.14. The van der Waals surface area contributed by atoms with Crippen molar-refractivity contribution >= 4 is 11.6 Å². The van der Waals surface area contributed by atoms with E-state index in [1.807, 2.05) is 19.1 Å². The molecule has 0 spiro atoms. The maximum atomic E-state index is 12.3. The van der Waals surface area contributed by atoms with Crippen LogP contribution in [-0.2, 0) is 0 Å². The number of aryl methyl sites for hydroxylation is 1. The minimum atomic E-state index is -0.0321. The molecular weight excluding hydrogens is 236 g/mol. The van der Waals surface area contributed by atoms with Crippen LogP contribution in [0.4, 0.5) is 5.69 Å². The van der Waals surface area contributed by atoms with Gasteiger partial charge in [-0.25, -0.2) is 0 Å². The van der Waals surface area contributed by atoms with E-state index in [4.69, 9.17) is 5.73 Å². The molecule has 0 aromatic heterocycles. The first-order chi connectivity index (χ1) is 9.08. The molecule has 1 fully saturated rings. The van der Waals surface area contributed by atoms with Crippen LogP contribution in [0.3, 0.4) is 0 Å². The second-order valence-electron chi connectivity index (χ2n) is 5.78. The highest BCUT2D eigenvalue weighted by atomic mass is 16.1. The second-order valence-corrected chi connectivity index (χ2v) is 5.78. The molecular formula is C16H24N2O. The van der Waals surface area contributed by atoms with Crippen molar-refractivity contribution in [3.8, 4) is 0 Å². The van der Waals surface area contributed by atoms with Crippen LogP contribution < -0.4 is 11.1 Å². The molecule has 3 N–H and O–H groups in total. The topological polar surface area (TPSA) is 55.1 Å². The Bertz CT molecular complexity index is 442. The van der Waals surface area contributed by atoms with Gasteiger partial charge in [-0.1, -0.05) is 31.9 Å². The zero-order chi connectivity index (χ0) is 13.9. The maximum absolute atomic E-state index is 12.3. The summed E-state index contributed by atoms with van der Waals surface area (Å²) in [5, 5.41) is 3.10. The first kappa shape index (κ1) is 13.9. The van der Waals surface area contributed by atoms with E-state index < -0.39 is 0 Å². The number of hydrogen-bond donors (Lipinski definition) is 2. The average Bonchev–Trinajstić information content (AvgIpc) is 2.86. The number of rotatable bonds is 4. The van der Waals surface area contributed by atoms with E-state index in [0.717, 1.165) is 18.5 Å². The van der Waals surface area contributed by atoms with Gasteiger partial charge in [0.1, 0.15) is 0 Å². The van der Waals surface area contributed by atoms with Gasteiger partial charge in [-0.3, -0.25) is 4.79 Å². The lowest BCUT2D eigenvalue weighted by atomic mass is 9.83. The average molecular weight is 260 g/mol. The van der Waals surface area contributed by atoms with E-state index in [1.165, 1.54) is 25.7 Å². The molecule has 0 atom stereocenters. The molecule has 1 aromatic rings. The first-order valence-corrected chi connectivity index (χ1v) is 7.21. The molecule has 1 aliphatic rings. The van der Waals surface area contributed by atoms with Gasteiger partial charge in [0.2, 0.25) is 0 Å². The Balaban J connectivity index is 2.05. The van der Waals surface area contributed by atoms with E-state index in [1.54, 1.807) is 6.07 Å². The van der Waals surface area contributed by atoms with Crippen molar-refractivity contribution in [3.05, 3.63) is 29.3 Å². The Labute approximate surface area is 115 Å². The fraction of sp³-hybridized carbons (Fsp3) is 0.562. The first-order valence-electron chi connectivity index (χ1n) is 7.21. The number of nitrogens with one attached hydrogen (secondary N) is 1. The van der Waals surface area contributed by atoms with E-state index in [9.17, 15) is 4.79 Å². The molecule has 0 radical (unpaired) electrons. The molecule has 1 saturated carbocycles. The fourth-order valence-corrected chi connectivity index (χ4v) is 3.14. The molecule has 2 rings (SSSR count). The summed E-state index contributed by atoms with van der Waals surface area (Å²) in [5.74, 6) is -0.0321. The molecule has 1 amide bonds. The Morgan fingerprint density at radius 2 is 2.05 bits per heavy atom. The van der Waals surface area contributed by atoms with Crippen LogP contribution >= 0.6 is 0 Å². The largest absolute Gasteiger partial charge is 0.398 e. The van der Waals surface area contributed by atoms with Crippen molar-refractivity contribution in [2.45, 2.75) is 46.0 Å². The van der Waals surface area contributed by atoms with E-state index in [0.29, 0.717) is 16.7 Å². The van der Waals surface area contributed by atoms with Crippen molar-refractivity contribution in [2.75, 3.05) is 12.3 Å². The molecule has 0 saturated heterocycles. The molecule has 0 heterocycles. The summed E-state index contributed by atoms with van der Waals surface area (Å²) in [6.45, 7) is 4.92. The standard InChI is InChI=1S/C16H24N2O/c1-3-16(9-4-5-10-16)11-18-15(19)14-12(2)7-6-8-13(14)17/h6-8H,3-5,9-11,17H2,1-2H3,(H,18,19). The molecule has 0 aliphatic heterocycles. The zero-order valence-corrected chi connectivity index (χ0v) is 12.0. The SMILES string of the molecule is CCC1(CNC(=O)c2c(C)cccc2N)CCCC1. The quantitative estimate of drug-likeness (QED) is 0.816. The molecule has 0 unspecified atom stereocenters. The van der Waals surface area contributed by atoms with E-state index >= 15 is 0 Å². The summed E-state index contributed by atoms with van der Waals surface area (Å²) in [6.07, 6.45) is 6.17. The lowest BCUT2D eigenvalue weighted by Gasteiger charge is -2.27. The third kappa shape index (κ3) is 2.91. The molecule has 1 aliphatic carbocycles. The monoisotopic (exact) mass is 260 g/mol. The van der Waals surface area contributed by atoms with Crippen LogP contribution in [0.5, 0.6) is 0 Å². The number of carbonyl (C=O) groups is 1. The molecule has 104 valence electrons. The summed E-state index contributed by atoms with van der Waals surface area (Å²) in [4.78, 5) is 12.3. The Morgan fingerprint density at radius 1 is 1.37 bits per heavy atom. The minimum Gasteiger partial charge on any atom is -0.398 e. The van der Waals surface area contributed by atoms with Gasteiger partial charge in [-0.05, 0) is 43.2 Å². The van der Waals surface area contributed by atoms with Gasteiger partial charge in [0, 0.05) is 12.2 Å². The molecule has 3 heteroatoms. The molecule has 3 nitrogen and oxygen atoms in total. The third-order valence-corrected chi connectivity index (χ3v) is 4.57. The Hall–Kier alpha value is -1.51. The van der Waals surface area contributed by atoms with Gasteiger partial charge in [-0.15, -0.1) is 0 Å². The number of amides is 1. The van der Waals surface area contributed by atoms with Crippen molar-refractivity contribution in [1.29, 1.82) is 0 Å². The van der Waals surface area contributed by atoms with Gasteiger partial charge in [0.05, 0.1) is 5.56 Å². The molecule has 1 aromatic carbocycles. The number of nitrogen functional groups attached to an aromatic ring is 1. The van der Waals surface area contributed by atoms with Gasteiger partial charge in [0.25, 0.3) is 5.91 Å². The highest BCUT2D eigenvalue weighted by molar-refractivity contribution is 6.00. The lowest BCUT2D eigenvalue weighted by molar-refractivity contribution is 0.0929. The predicted octanol–water partition coefficient (Wildman–Crippen LogP) is 3.28. The third-order valence-electron chi connectivity index (χ3n) is 4.57. The molecule has 0 bridgehead atoms. The maximum Gasteiger partial charge on any atom is 0.253 e. The number of anilines is 1. The predicted molar refractivity (Wildman–Crippen MR) is 79.1 cm³/mol. The summed E-state index contributed by atoms with van der Waals surface area (Å²) < 4.78 is 0. The summed E-state index contributed by atoms with van der Waals surface area (Å²) in [5.41, 5.74) is 8.36. The van der Waals surface area contributed by atoms with Crippen LogP contribution in [0.15, 0.2) is 18.2 Å². The van der Waals surface area contributed by atoms with Crippen LogP contribution in [-0.4, -0.2) is 12.5 Å².